The Kier molecular flexibility index (Phi) is 4.40. The van der Waals surface area contributed by atoms with E-state index < -0.39 is 0 Å². The van der Waals surface area contributed by atoms with E-state index in [1.807, 2.05) is 42.3 Å². The number of thiazole rings is 1. The number of para-hydroxylation sites is 1. The van der Waals surface area contributed by atoms with Gasteiger partial charge in [-0.05, 0) is 43.4 Å². The van der Waals surface area contributed by atoms with Gasteiger partial charge in [0.1, 0.15) is 10.8 Å². The number of rotatable bonds is 4. The summed E-state index contributed by atoms with van der Waals surface area (Å²) in [6, 6.07) is 12.1. The predicted molar refractivity (Wildman–Crippen MR) is 93.9 cm³/mol. The number of fused-ring (bicyclic) bond motifs is 1. The van der Waals surface area contributed by atoms with E-state index in [0.717, 1.165) is 16.3 Å². The summed E-state index contributed by atoms with van der Waals surface area (Å²) in [6.45, 7) is 2.70. The molecular formula is C16H17N3OS2. The first-order valence-electron chi connectivity index (χ1n) is 7.03. The number of aromatic nitrogens is 1. The Morgan fingerprint density at radius 1 is 1.36 bits per heavy atom. The highest BCUT2D eigenvalue weighted by molar-refractivity contribution is 7.80. The molecule has 1 aromatic carbocycles. The largest absolute Gasteiger partial charge is 0.467 e. The van der Waals surface area contributed by atoms with Crippen LogP contribution in [-0.2, 0) is 6.54 Å². The van der Waals surface area contributed by atoms with Gasteiger partial charge in [-0.2, -0.15) is 0 Å². The zero-order valence-electron chi connectivity index (χ0n) is 12.4. The Morgan fingerprint density at radius 2 is 2.18 bits per heavy atom. The van der Waals surface area contributed by atoms with Crippen LogP contribution in [0.15, 0.2) is 47.1 Å². The molecule has 4 nitrogen and oxygen atoms in total. The third-order valence-electron chi connectivity index (χ3n) is 3.56. The molecular weight excluding hydrogens is 314 g/mol. The smallest absolute Gasteiger partial charge is 0.169 e. The Bertz CT molecular complexity index is 734. The van der Waals surface area contributed by atoms with Gasteiger partial charge in [-0.3, -0.25) is 0 Å². The molecule has 0 aliphatic rings. The van der Waals surface area contributed by atoms with Crippen molar-refractivity contribution in [1.82, 2.24) is 15.2 Å². The highest BCUT2D eigenvalue weighted by atomic mass is 32.1. The number of benzene rings is 1. The summed E-state index contributed by atoms with van der Waals surface area (Å²) in [4.78, 5) is 6.72. The van der Waals surface area contributed by atoms with E-state index in [9.17, 15) is 0 Å². The van der Waals surface area contributed by atoms with Crippen LogP contribution in [0.25, 0.3) is 10.2 Å². The van der Waals surface area contributed by atoms with Crippen LogP contribution < -0.4 is 5.32 Å². The number of hydrogen-bond acceptors (Lipinski definition) is 4. The highest BCUT2D eigenvalue weighted by Crippen LogP contribution is 2.28. The second kappa shape index (κ2) is 6.46. The Balaban J connectivity index is 1.67. The third kappa shape index (κ3) is 3.13. The van der Waals surface area contributed by atoms with Gasteiger partial charge in [0, 0.05) is 7.05 Å². The molecule has 6 heteroatoms. The molecule has 0 bridgehead atoms. The minimum Gasteiger partial charge on any atom is -0.467 e. The summed E-state index contributed by atoms with van der Waals surface area (Å²) in [5.41, 5.74) is 1.04. The predicted octanol–water partition coefficient (Wildman–Crippen LogP) is 3.96. The van der Waals surface area contributed by atoms with Gasteiger partial charge in [-0.1, -0.05) is 12.1 Å². The normalized spacial score (nSPS) is 12.3. The molecule has 0 spiro atoms. The van der Waals surface area contributed by atoms with E-state index in [0.29, 0.717) is 11.7 Å². The van der Waals surface area contributed by atoms with Gasteiger partial charge in [-0.15, -0.1) is 11.3 Å². The van der Waals surface area contributed by atoms with E-state index in [1.165, 1.54) is 4.70 Å². The number of hydrogen-bond donors (Lipinski definition) is 1. The number of nitrogens with zero attached hydrogens (tertiary/aromatic N) is 2. The summed E-state index contributed by atoms with van der Waals surface area (Å²) in [5, 5.41) is 4.95. The van der Waals surface area contributed by atoms with Crippen molar-refractivity contribution in [2.24, 2.45) is 0 Å². The summed E-state index contributed by atoms with van der Waals surface area (Å²) in [5.74, 6) is 0.864. The van der Waals surface area contributed by atoms with E-state index in [1.54, 1.807) is 17.6 Å². The van der Waals surface area contributed by atoms with Crippen LogP contribution in [-0.4, -0.2) is 22.0 Å². The first-order valence-corrected chi connectivity index (χ1v) is 8.26. The average Bonchev–Trinajstić information content (AvgIpc) is 3.19. The summed E-state index contributed by atoms with van der Waals surface area (Å²) >= 11 is 7.17. The van der Waals surface area contributed by atoms with Gasteiger partial charge in [-0.25, -0.2) is 4.98 Å². The number of thiocarbonyl (C=S) groups is 1. The van der Waals surface area contributed by atoms with Crippen LogP contribution in [0.4, 0.5) is 0 Å². The van der Waals surface area contributed by atoms with Gasteiger partial charge in [0.05, 0.1) is 29.1 Å². The van der Waals surface area contributed by atoms with E-state index in [4.69, 9.17) is 21.6 Å². The lowest BCUT2D eigenvalue weighted by molar-refractivity contribution is 0.391. The van der Waals surface area contributed by atoms with Crippen LogP contribution in [0.2, 0.25) is 0 Å². The molecule has 2 heterocycles. The molecule has 114 valence electrons. The lowest BCUT2D eigenvalue weighted by Crippen LogP contribution is -2.38. The van der Waals surface area contributed by atoms with Gasteiger partial charge in [0.25, 0.3) is 0 Å². The van der Waals surface area contributed by atoms with Crippen LogP contribution in [0.3, 0.4) is 0 Å². The molecule has 0 saturated carbocycles. The minimum atomic E-state index is 0.119. The molecule has 0 saturated heterocycles. The fourth-order valence-corrected chi connectivity index (χ4v) is 3.40. The summed E-state index contributed by atoms with van der Waals surface area (Å²) in [6.07, 6.45) is 1.66. The molecule has 22 heavy (non-hydrogen) atoms. The lowest BCUT2D eigenvalue weighted by atomic mass is 10.3. The molecule has 0 fully saturated rings. The SMILES string of the molecule is C[C@@H](c1nc2ccccc2s1)N(C)C(=S)NCc1ccco1. The molecule has 0 unspecified atom stereocenters. The minimum absolute atomic E-state index is 0.119. The van der Waals surface area contributed by atoms with E-state index in [2.05, 4.69) is 18.3 Å². The fraction of sp³-hybridized carbons (Fsp3) is 0.250. The molecule has 1 N–H and O–H groups in total. The van der Waals surface area contributed by atoms with Crippen molar-refractivity contribution in [2.75, 3.05) is 7.05 Å². The number of furan rings is 1. The molecule has 1 atom stereocenters. The zero-order valence-corrected chi connectivity index (χ0v) is 14.1. The highest BCUT2D eigenvalue weighted by Gasteiger charge is 2.18. The first kappa shape index (κ1) is 15.0. The quantitative estimate of drug-likeness (QED) is 0.733. The van der Waals surface area contributed by atoms with Crippen molar-refractivity contribution >= 4 is 38.9 Å². The van der Waals surface area contributed by atoms with Crippen LogP contribution in [0.1, 0.15) is 23.7 Å². The van der Waals surface area contributed by atoms with Gasteiger partial charge >= 0.3 is 0 Å². The first-order chi connectivity index (χ1) is 10.6. The lowest BCUT2D eigenvalue weighted by Gasteiger charge is -2.26. The molecule has 0 radical (unpaired) electrons. The Morgan fingerprint density at radius 3 is 2.91 bits per heavy atom. The second-order valence-corrected chi connectivity index (χ2v) is 6.49. The van der Waals surface area contributed by atoms with Crippen molar-refractivity contribution in [1.29, 1.82) is 0 Å². The maximum atomic E-state index is 5.46. The fourth-order valence-electron chi connectivity index (χ4n) is 2.11. The van der Waals surface area contributed by atoms with Crippen molar-refractivity contribution in [3.8, 4) is 0 Å². The monoisotopic (exact) mass is 331 g/mol. The maximum absolute atomic E-state index is 5.46. The molecule has 0 amide bonds. The topological polar surface area (TPSA) is 41.3 Å². The van der Waals surface area contributed by atoms with Crippen molar-refractivity contribution < 1.29 is 4.42 Å². The average molecular weight is 331 g/mol. The summed E-state index contributed by atoms with van der Waals surface area (Å²) < 4.78 is 6.50. The molecule has 0 aliphatic heterocycles. The van der Waals surface area contributed by atoms with Gasteiger partial charge < -0.3 is 14.6 Å². The van der Waals surface area contributed by atoms with E-state index >= 15 is 0 Å². The molecule has 0 aliphatic carbocycles. The number of nitrogens with one attached hydrogen (secondary N) is 1. The van der Waals surface area contributed by atoms with Crippen molar-refractivity contribution in [3.63, 3.8) is 0 Å². The van der Waals surface area contributed by atoms with Gasteiger partial charge in [0.15, 0.2) is 5.11 Å². The molecule has 3 aromatic rings. The van der Waals surface area contributed by atoms with Gasteiger partial charge in [0.2, 0.25) is 0 Å². The summed E-state index contributed by atoms with van der Waals surface area (Å²) in [7, 11) is 1.98. The third-order valence-corrected chi connectivity index (χ3v) is 5.20. The zero-order chi connectivity index (χ0) is 15.5. The van der Waals surface area contributed by atoms with E-state index in [-0.39, 0.29) is 6.04 Å². The van der Waals surface area contributed by atoms with Crippen molar-refractivity contribution in [3.05, 3.63) is 53.4 Å². The second-order valence-electron chi connectivity index (χ2n) is 5.04. The van der Waals surface area contributed by atoms with Crippen molar-refractivity contribution in [2.45, 2.75) is 19.5 Å². The van der Waals surface area contributed by atoms with Crippen LogP contribution in [0, 0.1) is 0 Å². The standard InChI is InChI=1S/C16H17N3OS2/c1-11(15-18-13-7-3-4-8-14(13)22-15)19(2)16(21)17-10-12-6-5-9-20-12/h3-9,11H,10H2,1-2H3,(H,17,21)/t11-/m0/s1. The molecule has 2 aromatic heterocycles. The molecule has 3 rings (SSSR count). The van der Waals surface area contributed by atoms with Crippen LogP contribution >= 0.6 is 23.6 Å². The maximum Gasteiger partial charge on any atom is 0.169 e. The Hall–Kier alpha value is -1.92. The van der Waals surface area contributed by atoms with Crippen LogP contribution in [0.5, 0.6) is 0 Å². The Labute approximate surface area is 138 Å².